The van der Waals surface area contributed by atoms with Crippen LogP contribution in [0, 0.1) is 24.1 Å². The molecule has 0 saturated carbocycles. The van der Waals surface area contributed by atoms with Gasteiger partial charge in [-0.3, -0.25) is 4.79 Å². The van der Waals surface area contributed by atoms with Crippen molar-refractivity contribution in [3.05, 3.63) is 29.1 Å². The van der Waals surface area contributed by atoms with Gasteiger partial charge in [-0.15, -0.1) is 0 Å². The zero-order valence-electron chi connectivity index (χ0n) is 10.5. The summed E-state index contributed by atoms with van der Waals surface area (Å²) in [6, 6.07) is 4.49. The first-order valence-corrected chi connectivity index (χ1v) is 5.79. The largest absolute Gasteiger partial charge is 0.326 e. The highest BCUT2D eigenvalue weighted by Gasteiger charge is 2.09. The SMILES string of the molecule is CCNCCC(=O)Nc1cc(C#N)cc(F)c1C. The van der Waals surface area contributed by atoms with Crippen LogP contribution in [0.25, 0.3) is 0 Å². The summed E-state index contributed by atoms with van der Waals surface area (Å²) in [5.74, 6) is -0.690. The van der Waals surface area contributed by atoms with E-state index in [4.69, 9.17) is 5.26 Å². The summed E-state index contributed by atoms with van der Waals surface area (Å²) in [6.07, 6.45) is 0.311. The lowest BCUT2D eigenvalue weighted by atomic mass is 10.1. The van der Waals surface area contributed by atoms with Gasteiger partial charge >= 0.3 is 0 Å². The quantitative estimate of drug-likeness (QED) is 0.784. The van der Waals surface area contributed by atoms with E-state index in [1.54, 1.807) is 6.92 Å². The summed E-state index contributed by atoms with van der Waals surface area (Å²) in [7, 11) is 0. The fourth-order valence-corrected chi connectivity index (χ4v) is 1.46. The molecule has 1 aromatic carbocycles. The van der Waals surface area contributed by atoms with E-state index >= 15 is 0 Å². The molecule has 5 heteroatoms. The van der Waals surface area contributed by atoms with Crippen molar-refractivity contribution in [2.75, 3.05) is 18.4 Å². The fraction of sp³-hybridized carbons (Fsp3) is 0.385. The van der Waals surface area contributed by atoms with Crippen LogP contribution in [-0.2, 0) is 4.79 Å². The van der Waals surface area contributed by atoms with E-state index in [1.165, 1.54) is 6.07 Å². The van der Waals surface area contributed by atoms with Gasteiger partial charge in [0.2, 0.25) is 5.91 Å². The summed E-state index contributed by atoms with van der Waals surface area (Å²) >= 11 is 0. The lowest BCUT2D eigenvalue weighted by Gasteiger charge is -2.09. The second kappa shape index (κ2) is 6.72. The van der Waals surface area contributed by atoms with Crippen molar-refractivity contribution < 1.29 is 9.18 Å². The number of amides is 1. The van der Waals surface area contributed by atoms with E-state index in [0.29, 0.717) is 24.2 Å². The zero-order chi connectivity index (χ0) is 13.5. The number of hydrogen-bond acceptors (Lipinski definition) is 3. The van der Waals surface area contributed by atoms with Crippen LogP contribution in [0.15, 0.2) is 12.1 Å². The number of halogens is 1. The second-order valence-corrected chi connectivity index (χ2v) is 3.89. The van der Waals surface area contributed by atoms with Gasteiger partial charge in [0.05, 0.1) is 11.6 Å². The average Bonchev–Trinajstić information content (AvgIpc) is 2.35. The third-order valence-corrected chi connectivity index (χ3v) is 2.53. The number of carbonyl (C=O) groups is 1. The highest BCUT2D eigenvalue weighted by atomic mass is 19.1. The van der Waals surface area contributed by atoms with E-state index in [1.807, 2.05) is 13.0 Å². The third kappa shape index (κ3) is 3.82. The number of carbonyl (C=O) groups excluding carboxylic acids is 1. The topological polar surface area (TPSA) is 64.9 Å². The number of nitrogens with zero attached hydrogens (tertiary/aromatic N) is 1. The second-order valence-electron chi connectivity index (χ2n) is 3.89. The van der Waals surface area contributed by atoms with E-state index in [-0.39, 0.29) is 11.5 Å². The molecule has 0 bridgehead atoms. The lowest BCUT2D eigenvalue weighted by Crippen LogP contribution is -2.21. The van der Waals surface area contributed by atoms with Crippen molar-refractivity contribution in [1.82, 2.24) is 5.32 Å². The first-order chi connectivity index (χ1) is 8.58. The highest BCUT2D eigenvalue weighted by molar-refractivity contribution is 5.91. The van der Waals surface area contributed by atoms with Gasteiger partial charge in [-0.05, 0) is 25.6 Å². The number of rotatable bonds is 5. The van der Waals surface area contributed by atoms with Gasteiger partial charge in [-0.2, -0.15) is 5.26 Å². The summed E-state index contributed by atoms with van der Waals surface area (Å²) in [5.41, 5.74) is 0.888. The molecule has 0 aromatic heterocycles. The number of nitrogens with one attached hydrogen (secondary N) is 2. The van der Waals surface area contributed by atoms with Crippen LogP contribution in [0.3, 0.4) is 0 Å². The van der Waals surface area contributed by atoms with Crippen LogP contribution in [-0.4, -0.2) is 19.0 Å². The van der Waals surface area contributed by atoms with Crippen molar-refractivity contribution in [2.24, 2.45) is 0 Å². The van der Waals surface area contributed by atoms with Crippen molar-refractivity contribution >= 4 is 11.6 Å². The Morgan fingerprint density at radius 2 is 2.22 bits per heavy atom. The standard InChI is InChI=1S/C13H16FN3O/c1-3-16-5-4-13(18)17-12-7-10(8-15)6-11(14)9(12)2/h6-7,16H,3-5H2,1-2H3,(H,17,18). The predicted molar refractivity (Wildman–Crippen MR) is 67.6 cm³/mol. The molecule has 0 atom stereocenters. The van der Waals surface area contributed by atoms with Crippen molar-refractivity contribution in [2.45, 2.75) is 20.3 Å². The van der Waals surface area contributed by atoms with E-state index in [9.17, 15) is 9.18 Å². The van der Waals surface area contributed by atoms with Crippen LogP contribution in [0.4, 0.5) is 10.1 Å². The number of hydrogen-bond donors (Lipinski definition) is 2. The fourth-order valence-electron chi connectivity index (χ4n) is 1.46. The molecule has 0 saturated heterocycles. The normalized spacial score (nSPS) is 9.89. The summed E-state index contributed by atoms with van der Waals surface area (Å²) in [6.45, 7) is 4.89. The molecule has 1 amide bonds. The van der Waals surface area contributed by atoms with Gasteiger partial charge in [-0.1, -0.05) is 6.92 Å². The first-order valence-electron chi connectivity index (χ1n) is 5.79. The van der Waals surface area contributed by atoms with Crippen LogP contribution in [0.5, 0.6) is 0 Å². The average molecular weight is 249 g/mol. The number of anilines is 1. The molecule has 1 rings (SSSR count). The monoisotopic (exact) mass is 249 g/mol. The number of benzene rings is 1. The van der Waals surface area contributed by atoms with Gasteiger partial charge in [0.15, 0.2) is 0 Å². The maximum Gasteiger partial charge on any atom is 0.225 e. The summed E-state index contributed by atoms with van der Waals surface area (Å²) < 4.78 is 13.5. The van der Waals surface area contributed by atoms with Crippen LogP contribution >= 0.6 is 0 Å². The van der Waals surface area contributed by atoms with Crippen LogP contribution in [0.2, 0.25) is 0 Å². The molecule has 0 spiro atoms. The molecule has 0 radical (unpaired) electrons. The molecular weight excluding hydrogens is 233 g/mol. The minimum Gasteiger partial charge on any atom is -0.326 e. The maximum atomic E-state index is 13.5. The van der Waals surface area contributed by atoms with E-state index < -0.39 is 5.82 Å². The van der Waals surface area contributed by atoms with Crippen molar-refractivity contribution in [3.8, 4) is 6.07 Å². The van der Waals surface area contributed by atoms with Crippen LogP contribution < -0.4 is 10.6 Å². The Kier molecular flexibility index (Phi) is 5.28. The lowest BCUT2D eigenvalue weighted by molar-refractivity contribution is -0.116. The number of nitriles is 1. The molecule has 4 nitrogen and oxygen atoms in total. The Morgan fingerprint density at radius 3 is 2.83 bits per heavy atom. The Morgan fingerprint density at radius 1 is 1.50 bits per heavy atom. The Hall–Kier alpha value is -1.93. The zero-order valence-corrected chi connectivity index (χ0v) is 10.5. The van der Waals surface area contributed by atoms with E-state index in [0.717, 1.165) is 12.6 Å². The Bertz CT molecular complexity index is 480. The van der Waals surface area contributed by atoms with Gasteiger partial charge < -0.3 is 10.6 Å². The molecule has 0 aliphatic heterocycles. The minimum absolute atomic E-state index is 0.195. The maximum absolute atomic E-state index is 13.5. The predicted octanol–water partition coefficient (Wildman–Crippen LogP) is 1.94. The highest BCUT2D eigenvalue weighted by Crippen LogP contribution is 2.20. The minimum atomic E-state index is -0.490. The molecular formula is C13H16FN3O. The molecule has 1 aromatic rings. The molecule has 96 valence electrons. The van der Waals surface area contributed by atoms with Gasteiger partial charge in [0.1, 0.15) is 5.82 Å². The molecule has 0 aliphatic carbocycles. The molecule has 0 fully saturated rings. The molecule has 0 unspecified atom stereocenters. The van der Waals surface area contributed by atoms with Gasteiger partial charge in [0, 0.05) is 24.2 Å². The van der Waals surface area contributed by atoms with Crippen LogP contribution in [0.1, 0.15) is 24.5 Å². The molecule has 18 heavy (non-hydrogen) atoms. The van der Waals surface area contributed by atoms with Gasteiger partial charge in [-0.25, -0.2) is 4.39 Å². The Labute approximate surface area is 106 Å². The first kappa shape index (κ1) is 14.1. The molecule has 0 aliphatic rings. The smallest absolute Gasteiger partial charge is 0.225 e. The van der Waals surface area contributed by atoms with E-state index in [2.05, 4.69) is 10.6 Å². The van der Waals surface area contributed by atoms with Crippen molar-refractivity contribution in [3.63, 3.8) is 0 Å². The van der Waals surface area contributed by atoms with Gasteiger partial charge in [0.25, 0.3) is 0 Å². The molecule has 0 heterocycles. The molecule has 2 N–H and O–H groups in total. The summed E-state index contributed by atoms with van der Waals surface area (Å²) in [5, 5.41) is 14.4. The third-order valence-electron chi connectivity index (χ3n) is 2.53. The Balaban J connectivity index is 2.75. The summed E-state index contributed by atoms with van der Waals surface area (Å²) in [4.78, 5) is 11.6. The van der Waals surface area contributed by atoms with Crippen molar-refractivity contribution in [1.29, 1.82) is 5.26 Å².